The highest BCUT2D eigenvalue weighted by atomic mass is 16.5. The van der Waals surface area contributed by atoms with Crippen LogP contribution in [0.3, 0.4) is 0 Å². The highest BCUT2D eigenvalue weighted by Crippen LogP contribution is 2.33. The summed E-state index contributed by atoms with van der Waals surface area (Å²) in [5, 5.41) is 0. The van der Waals surface area contributed by atoms with Crippen molar-refractivity contribution in [3.05, 3.63) is 53.9 Å². The minimum atomic E-state index is 0.0600. The molecule has 1 amide bonds. The fraction of sp³-hybridized carbons (Fsp3) is 0.333. The number of likely N-dealkylation sites (tertiary alicyclic amines) is 1. The summed E-state index contributed by atoms with van der Waals surface area (Å²) < 4.78 is 10.7. The van der Waals surface area contributed by atoms with Gasteiger partial charge >= 0.3 is 0 Å². The van der Waals surface area contributed by atoms with Crippen LogP contribution in [0.5, 0.6) is 11.5 Å². The molecule has 0 unspecified atom stereocenters. The van der Waals surface area contributed by atoms with Crippen LogP contribution in [0.2, 0.25) is 0 Å². The zero-order chi connectivity index (χ0) is 16.2. The number of rotatable bonds is 4. The van der Waals surface area contributed by atoms with E-state index in [0.717, 1.165) is 30.0 Å². The Morgan fingerprint density at radius 2 is 1.78 bits per heavy atom. The van der Waals surface area contributed by atoms with Crippen LogP contribution in [0, 0.1) is 0 Å². The predicted octanol–water partition coefficient (Wildman–Crippen LogP) is 2.73. The third-order valence-corrected chi connectivity index (χ3v) is 4.25. The molecule has 0 radical (unpaired) electrons. The molecule has 2 aromatic rings. The van der Waals surface area contributed by atoms with E-state index in [1.807, 2.05) is 23.1 Å². The molecular weight excluding hydrogens is 292 g/mol. The van der Waals surface area contributed by atoms with Gasteiger partial charge in [0.25, 0.3) is 5.91 Å². The molecule has 1 aliphatic rings. The van der Waals surface area contributed by atoms with Crippen LogP contribution >= 0.6 is 0 Å². The summed E-state index contributed by atoms with van der Waals surface area (Å²) in [6.07, 6.45) is 4.23. The Balaban J connectivity index is 1.76. The van der Waals surface area contributed by atoms with Crippen molar-refractivity contribution in [1.29, 1.82) is 0 Å². The predicted molar refractivity (Wildman–Crippen MR) is 87.0 cm³/mol. The van der Waals surface area contributed by atoms with E-state index in [2.05, 4.69) is 4.98 Å². The number of carbonyl (C=O) groups excluding carboxylic acids is 1. The number of hydrogen-bond donors (Lipinski definition) is 0. The lowest BCUT2D eigenvalue weighted by Gasteiger charge is -2.17. The first kappa shape index (κ1) is 15.3. The van der Waals surface area contributed by atoms with Gasteiger partial charge in [-0.2, -0.15) is 0 Å². The van der Waals surface area contributed by atoms with E-state index >= 15 is 0 Å². The number of hydrogen-bond acceptors (Lipinski definition) is 4. The second-order valence-electron chi connectivity index (χ2n) is 5.62. The number of methoxy groups -OCH3 is 2. The second kappa shape index (κ2) is 6.69. The molecule has 120 valence electrons. The number of amides is 1. The van der Waals surface area contributed by atoms with Crippen molar-refractivity contribution in [2.45, 2.75) is 12.3 Å². The molecular formula is C18H20N2O3. The first-order valence-electron chi connectivity index (χ1n) is 7.63. The van der Waals surface area contributed by atoms with Crippen molar-refractivity contribution in [3.63, 3.8) is 0 Å². The molecule has 1 aromatic heterocycles. The number of aromatic nitrogens is 1. The Bertz CT molecular complexity index is 666. The minimum absolute atomic E-state index is 0.0600. The van der Waals surface area contributed by atoms with Crippen molar-refractivity contribution in [1.82, 2.24) is 9.88 Å². The Morgan fingerprint density at radius 1 is 1.13 bits per heavy atom. The van der Waals surface area contributed by atoms with Crippen LogP contribution in [0.4, 0.5) is 0 Å². The van der Waals surface area contributed by atoms with Crippen LogP contribution < -0.4 is 9.47 Å². The average molecular weight is 312 g/mol. The summed E-state index contributed by atoms with van der Waals surface area (Å²) in [6, 6.07) is 9.41. The molecule has 1 atom stereocenters. The fourth-order valence-electron chi connectivity index (χ4n) is 2.96. The Hall–Kier alpha value is -2.56. The maximum Gasteiger partial charge on any atom is 0.253 e. The summed E-state index contributed by atoms with van der Waals surface area (Å²) in [7, 11) is 3.29. The maximum atomic E-state index is 12.5. The first-order chi connectivity index (χ1) is 11.2. The van der Waals surface area contributed by atoms with E-state index in [9.17, 15) is 4.79 Å². The topological polar surface area (TPSA) is 51.7 Å². The van der Waals surface area contributed by atoms with Gasteiger partial charge in [0, 0.05) is 43.0 Å². The number of benzene rings is 1. The van der Waals surface area contributed by atoms with Gasteiger partial charge in [-0.1, -0.05) is 0 Å². The monoisotopic (exact) mass is 312 g/mol. The molecule has 1 fully saturated rings. The normalized spacial score (nSPS) is 17.1. The molecule has 5 heteroatoms. The molecule has 23 heavy (non-hydrogen) atoms. The average Bonchev–Trinajstić information content (AvgIpc) is 3.11. The van der Waals surface area contributed by atoms with Gasteiger partial charge in [-0.25, -0.2) is 0 Å². The summed E-state index contributed by atoms with van der Waals surface area (Å²) in [6.45, 7) is 1.46. The summed E-state index contributed by atoms with van der Waals surface area (Å²) in [5.41, 5.74) is 1.83. The Labute approximate surface area is 135 Å². The number of nitrogens with zero attached hydrogens (tertiary/aromatic N) is 2. The highest BCUT2D eigenvalue weighted by Gasteiger charge is 2.28. The molecule has 2 heterocycles. The van der Waals surface area contributed by atoms with E-state index in [0.29, 0.717) is 18.0 Å². The summed E-state index contributed by atoms with van der Waals surface area (Å²) >= 11 is 0. The largest absolute Gasteiger partial charge is 0.497 e. The molecule has 1 aliphatic heterocycles. The number of ether oxygens (including phenoxy) is 2. The number of carbonyl (C=O) groups is 1. The smallest absolute Gasteiger partial charge is 0.253 e. The summed E-state index contributed by atoms with van der Waals surface area (Å²) in [5.74, 6) is 1.91. The SMILES string of the molecule is COc1cc(OC)cc([C@@H]2CCN(C(=O)c3ccncc3)C2)c1. The van der Waals surface area contributed by atoms with Crippen molar-refractivity contribution in [2.24, 2.45) is 0 Å². The quantitative estimate of drug-likeness (QED) is 0.871. The molecule has 0 aliphatic carbocycles. The lowest BCUT2D eigenvalue weighted by Crippen LogP contribution is -2.28. The van der Waals surface area contributed by atoms with Gasteiger partial charge in [0.2, 0.25) is 0 Å². The highest BCUT2D eigenvalue weighted by molar-refractivity contribution is 5.94. The Kier molecular flexibility index (Phi) is 4.46. The van der Waals surface area contributed by atoms with Crippen molar-refractivity contribution < 1.29 is 14.3 Å². The lowest BCUT2D eigenvalue weighted by atomic mass is 9.98. The molecule has 1 aromatic carbocycles. The molecule has 5 nitrogen and oxygen atoms in total. The van der Waals surface area contributed by atoms with Gasteiger partial charge in [-0.05, 0) is 36.2 Å². The van der Waals surface area contributed by atoms with E-state index in [1.54, 1.807) is 38.7 Å². The zero-order valence-corrected chi connectivity index (χ0v) is 13.4. The zero-order valence-electron chi connectivity index (χ0n) is 13.4. The van der Waals surface area contributed by atoms with Gasteiger partial charge in [0.15, 0.2) is 0 Å². The van der Waals surface area contributed by atoms with Crippen LogP contribution in [0.15, 0.2) is 42.7 Å². The van der Waals surface area contributed by atoms with Gasteiger partial charge < -0.3 is 14.4 Å². The van der Waals surface area contributed by atoms with Crippen LogP contribution in [-0.4, -0.2) is 43.1 Å². The fourth-order valence-corrected chi connectivity index (χ4v) is 2.96. The van der Waals surface area contributed by atoms with Gasteiger partial charge in [-0.3, -0.25) is 9.78 Å². The number of pyridine rings is 1. The molecule has 0 N–H and O–H groups in total. The first-order valence-corrected chi connectivity index (χ1v) is 7.63. The van der Waals surface area contributed by atoms with Crippen molar-refractivity contribution in [2.75, 3.05) is 27.3 Å². The molecule has 0 spiro atoms. The van der Waals surface area contributed by atoms with Crippen molar-refractivity contribution in [3.8, 4) is 11.5 Å². The van der Waals surface area contributed by atoms with E-state index in [1.165, 1.54) is 0 Å². The molecule has 3 rings (SSSR count). The molecule has 1 saturated heterocycles. The summed E-state index contributed by atoms with van der Waals surface area (Å²) in [4.78, 5) is 18.4. The Morgan fingerprint density at radius 3 is 2.39 bits per heavy atom. The van der Waals surface area contributed by atoms with Crippen LogP contribution in [0.25, 0.3) is 0 Å². The van der Waals surface area contributed by atoms with E-state index in [4.69, 9.17) is 9.47 Å². The van der Waals surface area contributed by atoms with Crippen LogP contribution in [0.1, 0.15) is 28.3 Å². The van der Waals surface area contributed by atoms with Crippen LogP contribution in [-0.2, 0) is 0 Å². The van der Waals surface area contributed by atoms with Gasteiger partial charge in [-0.15, -0.1) is 0 Å². The van der Waals surface area contributed by atoms with E-state index < -0.39 is 0 Å². The van der Waals surface area contributed by atoms with Gasteiger partial charge in [0.1, 0.15) is 11.5 Å². The molecule has 0 saturated carbocycles. The van der Waals surface area contributed by atoms with Gasteiger partial charge in [0.05, 0.1) is 14.2 Å². The lowest BCUT2D eigenvalue weighted by molar-refractivity contribution is 0.0790. The third-order valence-electron chi connectivity index (χ3n) is 4.25. The maximum absolute atomic E-state index is 12.5. The molecule has 0 bridgehead atoms. The van der Waals surface area contributed by atoms with Crippen molar-refractivity contribution >= 4 is 5.91 Å². The minimum Gasteiger partial charge on any atom is -0.497 e. The second-order valence-corrected chi connectivity index (χ2v) is 5.62. The standard InChI is InChI=1S/C18H20N2O3/c1-22-16-9-15(10-17(11-16)23-2)14-5-8-20(12-14)18(21)13-3-6-19-7-4-13/h3-4,6-7,9-11,14H,5,8,12H2,1-2H3/t14-/m1/s1. The van der Waals surface area contributed by atoms with E-state index in [-0.39, 0.29) is 5.91 Å². The third kappa shape index (κ3) is 3.28.